The van der Waals surface area contributed by atoms with Gasteiger partial charge in [0.1, 0.15) is 23.3 Å². The number of aromatic nitrogens is 2. The summed E-state index contributed by atoms with van der Waals surface area (Å²) >= 11 is 5.85. The minimum atomic E-state index is -0.315. The third kappa shape index (κ3) is 4.06. The second kappa shape index (κ2) is 6.33. The van der Waals surface area contributed by atoms with E-state index in [0.29, 0.717) is 24.1 Å². The molecule has 4 nitrogen and oxygen atoms in total. The van der Waals surface area contributed by atoms with E-state index in [1.165, 1.54) is 30.3 Å². The van der Waals surface area contributed by atoms with Gasteiger partial charge in [-0.2, -0.15) is 4.98 Å². The van der Waals surface area contributed by atoms with Crippen molar-refractivity contribution in [2.45, 2.75) is 13.5 Å². The third-order valence-corrected chi connectivity index (χ3v) is 2.39. The van der Waals surface area contributed by atoms with Gasteiger partial charge >= 0.3 is 0 Å². The molecule has 0 bridgehead atoms. The van der Waals surface area contributed by atoms with Crippen LogP contribution in [-0.4, -0.2) is 16.6 Å². The standard InChI is InChI=1S/C13H12ClFN2O2/c1-2-18-13-7-11(14)16-12(17-13)8-19-10-5-3-9(15)4-6-10/h3-7H,2,8H2,1H3. The molecule has 0 spiro atoms. The van der Waals surface area contributed by atoms with Crippen LogP contribution in [0.4, 0.5) is 4.39 Å². The summed E-state index contributed by atoms with van der Waals surface area (Å²) in [4.78, 5) is 8.16. The maximum absolute atomic E-state index is 12.7. The lowest BCUT2D eigenvalue weighted by molar-refractivity contribution is 0.286. The molecule has 0 unspecified atom stereocenters. The van der Waals surface area contributed by atoms with Gasteiger partial charge in [0.2, 0.25) is 5.88 Å². The van der Waals surface area contributed by atoms with Gasteiger partial charge in [-0.25, -0.2) is 9.37 Å². The number of halogens is 2. The van der Waals surface area contributed by atoms with Crippen LogP contribution in [0.25, 0.3) is 0 Å². The van der Waals surface area contributed by atoms with Crippen LogP contribution in [0.2, 0.25) is 5.15 Å². The fourth-order valence-corrected chi connectivity index (χ4v) is 1.60. The molecule has 100 valence electrons. The number of ether oxygens (including phenoxy) is 2. The maximum Gasteiger partial charge on any atom is 0.218 e. The summed E-state index contributed by atoms with van der Waals surface area (Å²) in [5.41, 5.74) is 0. The summed E-state index contributed by atoms with van der Waals surface area (Å²) in [5, 5.41) is 0.288. The van der Waals surface area contributed by atoms with Crippen molar-refractivity contribution in [3.8, 4) is 11.6 Å². The van der Waals surface area contributed by atoms with E-state index in [1.54, 1.807) is 0 Å². The highest BCUT2D eigenvalue weighted by atomic mass is 35.5. The lowest BCUT2D eigenvalue weighted by Crippen LogP contribution is -2.04. The minimum Gasteiger partial charge on any atom is -0.486 e. The molecule has 0 fully saturated rings. The molecule has 19 heavy (non-hydrogen) atoms. The predicted molar refractivity (Wildman–Crippen MR) is 68.9 cm³/mol. The normalized spacial score (nSPS) is 10.3. The summed E-state index contributed by atoms with van der Waals surface area (Å²) < 4.78 is 23.4. The highest BCUT2D eigenvalue weighted by Gasteiger charge is 2.05. The number of rotatable bonds is 5. The molecule has 1 aromatic carbocycles. The molecule has 0 aliphatic carbocycles. The van der Waals surface area contributed by atoms with Crippen LogP contribution >= 0.6 is 11.6 Å². The Morgan fingerprint density at radius 3 is 2.58 bits per heavy atom. The first-order chi connectivity index (χ1) is 9.17. The molecule has 0 radical (unpaired) electrons. The molecule has 1 heterocycles. The zero-order valence-corrected chi connectivity index (χ0v) is 11.0. The van der Waals surface area contributed by atoms with E-state index in [0.717, 1.165) is 0 Å². The SMILES string of the molecule is CCOc1cc(Cl)nc(COc2ccc(F)cc2)n1. The van der Waals surface area contributed by atoms with E-state index in [1.807, 2.05) is 6.92 Å². The minimum absolute atomic E-state index is 0.131. The largest absolute Gasteiger partial charge is 0.486 e. The maximum atomic E-state index is 12.7. The molecule has 0 aliphatic heterocycles. The Morgan fingerprint density at radius 2 is 1.89 bits per heavy atom. The topological polar surface area (TPSA) is 44.2 Å². The number of nitrogens with zero attached hydrogens (tertiary/aromatic N) is 2. The Hall–Kier alpha value is -1.88. The van der Waals surface area contributed by atoms with Crippen molar-refractivity contribution < 1.29 is 13.9 Å². The fraction of sp³-hybridized carbons (Fsp3) is 0.231. The number of benzene rings is 1. The highest BCUT2D eigenvalue weighted by Crippen LogP contribution is 2.16. The van der Waals surface area contributed by atoms with E-state index in [2.05, 4.69) is 9.97 Å². The highest BCUT2D eigenvalue weighted by molar-refractivity contribution is 6.29. The monoisotopic (exact) mass is 282 g/mol. The number of hydrogen-bond donors (Lipinski definition) is 0. The second-order valence-electron chi connectivity index (χ2n) is 3.62. The molecule has 0 N–H and O–H groups in total. The Bertz CT molecular complexity index is 549. The van der Waals surface area contributed by atoms with Gasteiger partial charge in [-0.05, 0) is 31.2 Å². The van der Waals surface area contributed by atoms with Crippen molar-refractivity contribution in [2.75, 3.05) is 6.61 Å². The molecule has 2 aromatic rings. The first-order valence-electron chi connectivity index (χ1n) is 5.72. The van der Waals surface area contributed by atoms with Crippen molar-refractivity contribution in [3.63, 3.8) is 0 Å². The van der Waals surface area contributed by atoms with Crippen molar-refractivity contribution >= 4 is 11.6 Å². The van der Waals surface area contributed by atoms with Crippen LogP contribution in [0.15, 0.2) is 30.3 Å². The summed E-state index contributed by atoms with van der Waals surface area (Å²) in [6, 6.07) is 7.23. The molecule has 0 aliphatic rings. The average Bonchev–Trinajstić information content (AvgIpc) is 2.38. The number of hydrogen-bond acceptors (Lipinski definition) is 4. The van der Waals surface area contributed by atoms with E-state index in [-0.39, 0.29) is 17.6 Å². The molecule has 6 heteroatoms. The van der Waals surface area contributed by atoms with Gasteiger partial charge in [0.05, 0.1) is 6.61 Å². The van der Waals surface area contributed by atoms with Crippen LogP contribution in [0.5, 0.6) is 11.6 Å². The lowest BCUT2D eigenvalue weighted by atomic mass is 10.3. The van der Waals surface area contributed by atoms with Gasteiger partial charge in [0.15, 0.2) is 5.82 Å². The van der Waals surface area contributed by atoms with Crippen molar-refractivity contribution in [3.05, 3.63) is 47.1 Å². The zero-order chi connectivity index (χ0) is 13.7. The fourth-order valence-electron chi connectivity index (χ4n) is 1.41. The molecule has 0 saturated carbocycles. The van der Waals surface area contributed by atoms with E-state index in [4.69, 9.17) is 21.1 Å². The third-order valence-electron chi connectivity index (χ3n) is 2.19. The molecular weight excluding hydrogens is 271 g/mol. The van der Waals surface area contributed by atoms with Gasteiger partial charge < -0.3 is 9.47 Å². The molecule has 0 atom stereocenters. The van der Waals surface area contributed by atoms with Gasteiger partial charge in [-0.15, -0.1) is 0 Å². The van der Waals surface area contributed by atoms with E-state index < -0.39 is 0 Å². The van der Waals surface area contributed by atoms with Gasteiger partial charge in [0.25, 0.3) is 0 Å². The van der Waals surface area contributed by atoms with Gasteiger partial charge in [-0.1, -0.05) is 11.6 Å². The lowest BCUT2D eigenvalue weighted by Gasteiger charge is -2.07. The van der Waals surface area contributed by atoms with Crippen LogP contribution < -0.4 is 9.47 Å². The molecule has 0 amide bonds. The summed E-state index contributed by atoms with van der Waals surface area (Å²) in [5.74, 6) is 1.02. The summed E-state index contributed by atoms with van der Waals surface area (Å²) in [6.45, 7) is 2.47. The smallest absolute Gasteiger partial charge is 0.218 e. The quantitative estimate of drug-likeness (QED) is 0.790. The van der Waals surface area contributed by atoms with Crippen molar-refractivity contribution in [2.24, 2.45) is 0 Å². The molecule has 1 aromatic heterocycles. The Balaban J connectivity index is 2.04. The average molecular weight is 283 g/mol. The molecular formula is C13H12ClFN2O2. The van der Waals surface area contributed by atoms with Crippen LogP contribution in [0.3, 0.4) is 0 Å². The zero-order valence-electron chi connectivity index (χ0n) is 10.3. The first-order valence-corrected chi connectivity index (χ1v) is 6.10. The molecule has 0 saturated heterocycles. The van der Waals surface area contributed by atoms with Crippen LogP contribution in [0.1, 0.15) is 12.7 Å². The van der Waals surface area contributed by atoms with Crippen molar-refractivity contribution in [1.29, 1.82) is 0 Å². The predicted octanol–water partition coefficient (Wildman–Crippen LogP) is 3.25. The first kappa shape index (κ1) is 13.5. The Kier molecular flexibility index (Phi) is 4.52. The summed E-state index contributed by atoms with van der Waals surface area (Å²) in [6.07, 6.45) is 0. The Labute approximate surface area is 115 Å². The van der Waals surface area contributed by atoms with Gasteiger partial charge in [0, 0.05) is 6.07 Å². The van der Waals surface area contributed by atoms with Gasteiger partial charge in [-0.3, -0.25) is 0 Å². The summed E-state index contributed by atoms with van der Waals surface area (Å²) in [7, 11) is 0. The van der Waals surface area contributed by atoms with Crippen molar-refractivity contribution in [1.82, 2.24) is 9.97 Å². The second-order valence-corrected chi connectivity index (χ2v) is 4.01. The van der Waals surface area contributed by atoms with E-state index >= 15 is 0 Å². The van der Waals surface area contributed by atoms with E-state index in [9.17, 15) is 4.39 Å². The Morgan fingerprint density at radius 1 is 1.16 bits per heavy atom. The molecule has 2 rings (SSSR count). The van der Waals surface area contributed by atoms with Crippen LogP contribution in [0, 0.1) is 5.82 Å². The van der Waals surface area contributed by atoms with Crippen LogP contribution in [-0.2, 0) is 6.61 Å².